The molecule has 0 radical (unpaired) electrons. The van der Waals surface area contributed by atoms with Gasteiger partial charge in [-0.05, 0) is 0 Å². The van der Waals surface area contributed by atoms with Crippen LogP contribution in [0, 0.1) is 0 Å². The number of thioether (sulfide) groups is 2. The van der Waals surface area contributed by atoms with Crippen LogP contribution in [0.4, 0.5) is 0 Å². The molecule has 0 aromatic heterocycles. The predicted octanol–water partition coefficient (Wildman–Crippen LogP) is 12.6. The number of unbranched alkanes of at least 4 members (excludes halogenated alkanes) is 18. The number of hydrogen-bond donors (Lipinski definition) is 0. The molecule has 0 nitrogen and oxygen atoms in total. The average molecular weight is 889 g/mol. The van der Waals surface area contributed by atoms with Crippen molar-refractivity contribution < 1.29 is 0 Å². The Labute approximate surface area is 298 Å². The maximum atomic E-state index is 2.81. The standard InChI is InChI=1S/C32H56S2Si2.6CH3.2Sn/c1-3-5-7-9-11-13-15-17-19-21-27-35-29-23-25-33-31(29)32-30(24-26-34-32)36-28-22-20-18-16-14-12-10-8-6-4-2;;;;;;;;/h23-24,31-32,35-36H,3-22,27-28H2,1-2H3;6*1H3;;. The monoisotopic (exact) mass is 890 g/mol. The summed E-state index contributed by atoms with van der Waals surface area (Å²) in [6, 6.07) is 3.01. The first-order chi connectivity index (χ1) is 21.1. The molecule has 0 aromatic rings. The van der Waals surface area contributed by atoms with Gasteiger partial charge in [0.25, 0.3) is 0 Å². The molecule has 2 aliphatic heterocycles. The van der Waals surface area contributed by atoms with Gasteiger partial charge in [0.2, 0.25) is 0 Å². The summed E-state index contributed by atoms with van der Waals surface area (Å²) in [5.74, 6) is 0. The summed E-state index contributed by atoms with van der Waals surface area (Å²) in [6.07, 6.45) is 34.8. The summed E-state index contributed by atoms with van der Waals surface area (Å²) in [6.45, 7) is 4.64. The summed E-state index contributed by atoms with van der Waals surface area (Å²) >= 11 is 0.625. The van der Waals surface area contributed by atoms with Crippen molar-refractivity contribution in [3.8, 4) is 0 Å². The van der Waals surface area contributed by atoms with Gasteiger partial charge in [0.05, 0.1) is 0 Å². The molecule has 0 spiro atoms. The van der Waals surface area contributed by atoms with E-state index in [1.165, 1.54) is 141 Å². The molecule has 0 saturated carbocycles. The van der Waals surface area contributed by atoms with E-state index in [1.54, 1.807) is 0 Å². The van der Waals surface area contributed by atoms with Gasteiger partial charge < -0.3 is 0 Å². The molecule has 6 heteroatoms. The van der Waals surface area contributed by atoms with Crippen molar-refractivity contribution in [3.05, 3.63) is 18.0 Å². The van der Waals surface area contributed by atoms with Crippen LogP contribution in [0.1, 0.15) is 142 Å². The van der Waals surface area contributed by atoms with Crippen LogP contribution in [0.5, 0.6) is 0 Å². The summed E-state index contributed by atoms with van der Waals surface area (Å²) in [5, 5.41) is 5.42. The van der Waals surface area contributed by atoms with Gasteiger partial charge in [-0.2, -0.15) is 0 Å². The van der Waals surface area contributed by atoms with Gasteiger partial charge in [-0.15, -0.1) is 0 Å². The maximum absolute atomic E-state index is 2.81. The topological polar surface area (TPSA) is 0 Å². The molecular weight excluding hydrogens is 814 g/mol. The van der Waals surface area contributed by atoms with Crippen LogP contribution >= 0.6 is 23.5 Å². The van der Waals surface area contributed by atoms with Crippen LogP contribution in [-0.4, -0.2) is 75.9 Å². The van der Waals surface area contributed by atoms with Crippen molar-refractivity contribution in [3.63, 3.8) is 0 Å². The Kier molecular flexibility index (Phi) is 23.1. The zero-order chi connectivity index (χ0) is 32.3. The first kappa shape index (κ1) is 42.1. The van der Waals surface area contributed by atoms with E-state index in [1.807, 2.05) is 16.2 Å². The van der Waals surface area contributed by atoms with Crippen LogP contribution in [0.3, 0.4) is 0 Å². The molecule has 2 atom stereocenters. The summed E-state index contributed by atoms with van der Waals surface area (Å²) in [5.41, 5.74) is 0. The second-order valence-electron chi connectivity index (χ2n) is 15.9. The third kappa shape index (κ3) is 17.6. The van der Waals surface area contributed by atoms with Crippen molar-refractivity contribution >= 4 is 88.9 Å². The van der Waals surface area contributed by atoms with Crippen LogP contribution in [0.15, 0.2) is 18.0 Å². The molecule has 2 heterocycles. The van der Waals surface area contributed by atoms with E-state index < -0.39 is 36.8 Å². The Bertz CT molecular complexity index is 837. The van der Waals surface area contributed by atoms with Crippen molar-refractivity contribution in [2.24, 2.45) is 0 Å². The molecule has 2 rings (SSSR count). The second-order valence-corrected chi connectivity index (χ2v) is 52.4. The van der Waals surface area contributed by atoms with Crippen molar-refractivity contribution in [2.75, 3.05) is 0 Å². The molecule has 0 saturated heterocycles. The van der Waals surface area contributed by atoms with Gasteiger partial charge >= 0.3 is 249 Å². The van der Waals surface area contributed by atoms with E-state index in [0.717, 1.165) is 10.5 Å². The molecule has 0 fully saturated rings. The van der Waals surface area contributed by atoms with Crippen LogP contribution in [-0.2, 0) is 0 Å². The minimum atomic E-state index is -2.07. The Morgan fingerprint density at radius 3 is 1.00 bits per heavy atom. The third-order valence-corrected chi connectivity index (χ3v) is 35.3. The predicted molar refractivity (Wildman–Crippen MR) is 223 cm³/mol. The molecule has 0 N–H and O–H groups in total. The summed E-state index contributed by atoms with van der Waals surface area (Å²) in [4.78, 5) is 15.9. The molecular formula is C38H74S2Si2Sn2. The zero-order valence-electron chi connectivity index (χ0n) is 30.8. The van der Waals surface area contributed by atoms with E-state index in [9.17, 15) is 0 Å². The van der Waals surface area contributed by atoms with E-state index in [-0.39, 0.29) is 0 Å². The minimum Gasteiger partial charge on any atom is -0.0654 e. The zero-order valence-corrected chi connectivity index (χ0v) is 40.5. The molecule has 0 aromatic carbocycles. The van der Waals surface area contributed by atoms with Gasteiger partial charge in [-0.3, -0.25) is 0 Å². The van der Waals surface area contributed by atoms with Gasteiger partial charge in [-0.25, -0.2) is 0 Å². The van der Waals surface area contributed by atoms with Crippen molar-refractivity contribution in [1.82, 2.24) is 0 Å². The second kappa shape index (κ2) is 24.2. The summed E-state index contributed by atoms with van der Waals surface area (Å²) in [7, 11) is 0.946. The quantitative estimate of drug-likeness (QED) is 0.0662. The molecule has 2 aliphatic rings. The van der Waals surface area contributed by atoms with Crippen LogP contribution in [0.25, 0.3) is 0 Å². The first-order valence-electron chi connectivity index (χ1n) is 19.3. The summed E-state index contributed by atoms with van der Waals surface area (Å²) < 4.78 is 3.76. The van der Waals surface area contributed by atoms with Crippen molar-refractivity contribution in [1.29, 1.82) is 0 Å². The normalized spacial score (nSPS) is 21.1. The molecule has 254 valence electrons. The number of rotatable bonds is 25. The molecule has 0 bridgehead atoms. The van der Waals surface area contributed by atoms with Crippen molar-refractivity contribution in [2.45, 2.75) is 194 Å². The Balaban J connectivity index is 1.93. The molecule has 2 unspecified atom stereocenters. The fraction of sp³-hybridized carbons (Fsp3) is 0.842. The smallest absolute Gasteiger partial charge is 0.0654 e. The molecule has 44 heavy (non-hydrogen) atoms. The fourth-order valence-corrected chi connectivity index (χ4v) is 26.5. The van der Waals surface area contributed by atoms with E-state index in [0.29, 0.717) is 18.3 Å². The van der Waals surface area contributed by atoms with Gasteiger partial charge in [-0.1, -0.05) is 52.4 Å². The average Bonchev–Trinajstić information content (AvgIpc) is 3.59. The molecule has 0 aliphatic carbocycles. The third-order valence-electron chi connectivity index (χ3n) is 9.39. The van der Waals surface area contributed by atoms with E-state index in [4.69, 9.17) is 0 Å². The van der Waals surface area contributed by atoms with E-state index in [2.05, 4.69) is 79.2 Å². The van der Waals surface area contributed by atoms with Gasteiger partial charge in [0.15, 0.2) is 0 Å². The number of allylic oxidation sites excluding steroid dienone is 2. The minimum absolute atomic E-state index is 0.473. The Hall–Kier alpha value is 1.95. The first-order valence-corrected chi connectivity index (χ1v) is 43.8. The van der Waals surface area contributed by atoms with Crippen LogP contribution < -0.4 is 0 Å². The van der Waals surface area contributed by atoms with Gasteiger partial charge in [0, 0.05) is 0 Å². The SMILES string of the molecule is CCCCCCCCCCCC[SiH]=C1C=[C]([Sn]([CH3])([CH3])[CH3])SC1C1S[C]([Sn]([CH3])([CH3])[CH3])=CC1=[SiH]CCCCCCCCCCCC. The Morgan fingerprint density at radius 2 is 0.727 bits per heavy atom. The number of hydrogen-bond acceptors (Lipinski definition) is 2. The fourth-order valence-electron chi connectivity index (χ4n) is 6.36. The van der Waals surface area contributed by atoms with E-state index >= 15 is 0 Å². The van der Waals surface area contributed by atoms with Crippen LogP contribution in [0.2, 0.25) is 41.7 Å². The Morgan fingerprint density at radius 1 is 0.455 bits per heavy atom. The molecule has 0 amide bonds. The van der Waals surface area contributed by atoms with Gasteiger partial charge in [0.1, 0.15) is 0 Å².